The molecule has 0 bridgehead atoms. The van der Waals surface area contributed by atoms with Crippen LogP contribution in [0.2, 0.25) is 10.0 Å². The SMILES string of the molecule is CCc1nc2ccc(C(=O)O)cc2n1Cc1ccc(OCc2ccc(Cl)c(Cl)c2)cc1. The van der Waals surface area contributed by atoms with E-state index in [1.54, 1.807) is 30.3 Å². The Morgan fingerprint density at radius 3 is 2.42 bits per heavy atom. The van der Waals surface area contributed by atoms with Crippen LogP contribution in [0.3, 0.4) is 0 Å². The predicted octanol–water partition coefficient (Wildman–Crippen LogP) is 6.23. The molecule has 0 aliphatic carbocycles. The normalized spacial score (nSPS) is 11.1. The summed E-state index contributed by atoms with van der Waals surface area (Å²) < 4.78 is 7.91. The molecule has 3 aromatic carbocycles. The lowest BCUT2D eigenvalue weighted by molar-refractivity contribution is 0.0697. The van der Waals surface area contributed by atoms with Crippen LogP contribution >= 0.6 is 23.2 Å². The average molecular weight is 455 g/mol. The molecule has 0 fully saturated rings. The minimum Gasteiger partial charge on any atom is -0.489 e. The molecule has 0 aliphatic heterocycles. The largest absolute Gasteiger partial charge is 0.489 e. The summed E-state index contributed by atoms with van der Waals surface area (Å²) in [5, 5.41) is 10.3. The second-order valence-electron chi connectivity index (χ2n) is 7.16. The number of aromatic nitrogens is 2. The van der Waals surface area contributed by atoms with Gasteiger partial charge in [-0.05, 0) is 53.6 Å². The van der Waals surface area contributed by atoms with Gasteiger partial charge < -0.3 is 14.4 Å². The Balaban J connectivity index is 1.52. The average Bonchev–Trinajstić information content (AvgIpc) is 3.12. The molecular formula is C24H20Cl2N2O3. The molecule has 4 rings (SSSR count). The Kier molecular flexibility index (Phi) is 6.16. The number of nitrogens with zero attached hydrogens (tertiary/aromatic N) is 2. The number of carboxylic acid groups (broad SMARTS) is 1. The van der Waals surface area contributed by atoms with Crippen LogP contribution in [0.5, 0.6) is 5.75 Å². The monoisotopic (exact) mass is 454 g/mol. The highest BCUT2D eigenvalue weighted by atomic mass is 35.5. The number of aromatic carboxylic acids is 1. The van der Waals surface area contributed by atoms with Crippen LogP contribution in [0.15, 0.2) is 60.7 Å². The molecule has 1 aromatic heterocycles. The van der Waals surface area contributed by atoms with Crippen molar-refractivity contribution in [2.24, 2.45) is 0 Å². The van der Waals surface area contributed by atoms with Crippen molar-refractivity contribution in [3.63, 3.8) is 0 Å². The van der Waals surface area contributed by atoms with E-state index in [-0.39, 0.29) is 5.56 Å². The number of fused-ring (bicyclic) bond motifs is 1. The van der Waals surface area contributed by atoms with Crippen molar-refractivity contribution in [2.75, 3.05) is 0 Å². The Hall–Kier alpha value is -3.02. The highest BCUT2D eigenvalue weighted by Gasteiger charge is 2.13. The molecule has 1 N–H and O–H groups in total. The topological polar surface area (TPSA) is 64.3 Å². The van der Waals surface area contributed by atoms with E-state index in [0.717, 1.165) is 40.2 Å². The highest BCUT2D eigenvalue weighted by Crippen LogP contribution is 2.24. The zero-order chi connectivity index (χ0) is 22.0. The number of hydrogen-bond acceptors (Lipinski definition) is 3. The Labute approximate surface area is 189 Å². The molecule has 5 nitrogen and oxygen atoms in total. The second kappa shape index (κ2) is 9.00. The minimum atomic E-state index is -0.948. The number of benzene rings is 3. The molecule has 0 amide bonds. The maximum Gasteiger partial charge on any atom is 0.335 e. The molecule has 0 aliphatic rings. The van der Waals surface area contributed by atoms with Crippen molar-refractivity contribution in [1.82, 2.24) is 9.55 Å². The van der Waals surface area contributed by atoms with Crippen LogP contribution < -0.4 is 4.74 Å². The maximum absolute atomic E-state index is 11.4. The van der Waals surface area contributed by atoms with Crippen molar-refractivity contribution >= 4 is 40.2 Å². The molecule has 0 radical (unpaired) electrons. The van der Waals surface area contributed by atoms with E-state index in [2.05, 4.69) is 9.55 Å². The van der Waals surface area contributed by atoms with Gasteiger partial charge in [-0.3, -0.25) is 0 Å². The molecule has 0 spiro atoms. The van der Waals surface area contributed by atoms with Crippen molar-refractivity contribution in [2.45, 2.75) is 26.5 Å². The van der Waals surface area contributed by atoms with Gasteiger partial charge in [0.1, 0.15) is 18.2 Å². The number of carboxylic acids is 1. The first-order valence-electron chi connectivity index (χ1n) is 9.82. The smallest absolute Gasteiger partial charge is 0.335 e. The van der Waals surface area contributed by atoms with Gasteiger partial charge in [0, 0.05) is 13.0 Å². The fourth-order valence-corrected chi connectivity index (χ4v) is 3.74. The summed E-state index contributed by atoms with van der Waals surface area (Å²) in [4.78, 5) is 16.0. The number of aryl methyl sites for hydroxylation is 1. The van der Waals surface area contributed by atoms with Crippen LogP contribution in [-0.2, 0) is 19.6 Å². The first kappa shape index (κ1) is 21.2. The van der Waals surface area contributed by atoms with Crippen LogP contribution in [0.25, 0.3) is 11.0 Å². The van der Waals surface area contributed by atoms with Crippen LogP contribution in [0, 0.1) is 0 Å². The maximum atomic E-state index is 11.4. The lowest BCUT2D eigenvalue weighted by Gasteiger charge is -2.11. The number of carbonyl (C=O) groups is 1. The third-order valence-electron chi connectivity index (χ3n) is 5.04. The minimum absolute atomic E-state index is 0.252. The molecule has 1 heterocycles. The summed E-state index contributed by atoms with van der Waals surface area (Å²) in [6.07, 6.45) is 0.752. The summed E-state index contributed by atoms with van der Waals surface area (Å²) in [5.41, 5.74) is 3.87. The fourth-order valence-electron chi connectivity index (χ4n) is 3.42. The molecule has 31 heavy (non-hydrogen) atoms. The fraction of sp³-hybridized carbons (Fsp3) is 0.167. The van der Waals surface area contributed by atoms with Crippen LogP contribution in [0.4, 0.5) is 0 Å². The summed E-state index contributed by atoms with van der Waals surface area (Å²) in [6.45, 7) is 3.02. The Morgan fingerprint density at radius 2 is 1.74 bits per heavy atom. The van der Waals surface area contributed by atoms with Gasteiger partial charge in [-0.25, -0.2) is 9.78 Å². The third-order valence-corrected chi connectivity index (χ3v) is 5.78. The van der Waals surface area contributed by atoms with Gasteiger partial charge >= 0.3 is 5.97 Å². The Bertz CT molecular complexity index is 1250. The Morgan fingerprint density at radius 1 is 1.00 bits per heavy atom. The lowest BCUT2D eigenvalue weighted by atomic mass is 10.2. The van der Waals surface area contributed by atoms with Gasteiger partial charge in [0.2, 0.25) is 0 Å². The van der Waals surface area contributed by atoms with Crippen molar-refractivity contribution in [3.05, 3.63) is 93.2 Å². The van der Waals surface area contributed by atoms with E-state index in [1.165, 1.54) is 0 Å². The standard InChI is InChI=1S/C24H20Cl2N2O3/c1-2-23-27-21-10-6-17(24(29)30)12-22(21)28(23)13-15-3-7-18(8-4-15)31-14-16-5-9-19(25)20(26)11-16/h3-12H,2,13-14H2,1H3,(H,29,30). The number of imidazole rings is 1. The highest BCUT2D eigenvalue weighted by molar-refractivity contribution is 6.42. The lowest BCUT2D eigenvalue weighted by Crippen LogP contribution is -2.05. The quantitative estimate of drug-likeness (QED) is 0.359. The summed E-state index contributed by atoms with van der Waals surface area (Å²) in [7, 11) is 0. The van der Waals surface area contributed by atoms with E-state index < -0.39 is 5.97 Å². The molecule has 0 unspecified atom stereocenters. The number of ether oxygens (including phenoxy) is 1. The first-order chi connectivity index (χ1) is 14.9. The molecule has 0 saturated heterocycles. The summed E-state index contributed by atoms with van der Waals surface area (Å²) >= 11 is 12.0. The molecular weight excluding hydrogens is 435 g/mol. The van der Waals surface area contributed by atoms with Gasteiger partial charge in [0.15, 0.2) is 0 Å². The molecule has 4 aromatic rings. The molecule has 0 atom stereocenters. The van der Waals surface area contributed by atoms with Crippen LogP contribution in [-0.4, -0.2) is 20.6 Å². The van der Waals surface area contributed by atoms with Crippen molar-refractivity contribution < 1.29 is 14.6 Å². The second-order valence-corrected chi connectivity index (χ2v) is 7.97. The van der Waals surface area contributed by atoms with Crippen LogP contribution in [0.1, 0.15) is 34.2 Å². The van der Waals surface area contributed by atoms with Gasteiger partial charge in [-0.2, -0.15) is 0 Å². The van der Waals surface area contributed by atoms with Gasteiger partial charge in [0.25, 0.3) is 0 Å². The zero-order valence-corrected chi connectivity index (χ0v) is 18.3. The van der Waals surface area contributed by atoms with E-state index in [4.69, 9.17) is 27.9 Å². The molecule has 0 saturated carbocycles. The van der Waals surface area contributed by atoms with E-state index in [1.807, 2.05) is 37.3 Å². The number of hydrogen-bond donors (Lipinski definition) is 1. The molecule has 158 valence electrons. The predicted molar refractivity (Wildman–Crippen MR) is 122 cm³/mol. The van der Waals surface area contributed by atoms with Gasteiger partial charge in [-0.1, -0.05) is 48.3 Å². The number of rotatable bonds is 7. The van der Waals surface area contributed by atoms with Gasteiger partial charge in [0.05, 0.1) is 26.6 Å². The molecule has 7 heteroatoms. The van der Waals surface area contributed by atoms with Gasteiger partial charge in [-0.15, -0.1) is 0 Å². The zero-order valence-electron chi connectivity index (χ0n) is 16.8. The van der Waals surface area contributed by atoms with E-state index >= 15 is 0 Å². The van der Waals surface area contributed by atoms with Crippen molar-refractivity contribution in [1.29, 1.82) is 0 Å². The van der Waals surface area contributed by atoms with E-state index in [9.17, 15) is 9.90 Å². The first-order valence-corrected chi connectivity index (χ1v) is 10.6. The summed E-state index contributed by atoms with van der Waals surface area (Å²) in [5.74, 6) is 0.711. The summed E-state index contributed by atoms with van der Waals surface area (Å²) in [6, 6.07) is 18.3. The van der Waals surface area contributed by atoms with E-state index in [0.29, 0.717) is 23.2 Å². The third kappa shape index (κ3) is 4.68. The number of halogens is 2. The van der Waals surface area contributed by atoms with Crippen molar-refractivity contribution in [3.8, 4) is 5.75 Å².